The minimum atomic E-state index is -3.46. The van der Waals surface area contributed by atoms with Gasteiger partial charge in [-0.25, -0.2) is 8.42 Å². The predicted octanol–water partition coefficient (Wildman–Crippen LogP) is 2.14. The Balaban J connectivity index is 2.35. The maximum absolute atomic E-state index is 12.8. The molecule has 1 heterocycles. The molecule has 0 bridgehead atoms. The number of nitrogens with zero attached hydrogens (tertiary/aromatic N) is 1. The number of thiocarbonyl (C=S) groups is 1. The largest absolute Gasteiger partial charge is 0.389 e. The SMILES string of the molecule is Cc1cc(S(=O)(=O)N2CC(C)SC(C)C2)ccc1C(N)=S. The van der Waals surface area contributed by atoms with Crippen molar-refractivity contribution in [2.24, 2.45) is 5.73 Å². The fourth-order valence-electron chi connectivity index (χ4n) is 2.55. The van der Waals surface area contributed by atoms with Gasteiger partial charge in [0.2, 0.25) is 10.0 Å². The molecule has 2 N–H and O–H groups in total. The highest BCUT2D eigenvalue weighted by atomic mass is 32.2. The second-order valence-corrected chi connectivity index (χ2v) is 9.68. The molecule has 0 aromatic heterocycles. The Morgan fingerprint density at radius 3 is 2.38 bits per heavy atom. The Kier molecular flexibility index (Phi) is 4.97. The van der Waals surface area contributed by atoms with Crippen LogP contribution >= 0.6 is 24.0 Å². The summed E-state index contributed by atoms with van der Waals surface area (Å²) in [4.78, 5) is 0.597. The van der Waals surface area contributed by atoms with E-state index in [1.165, 1.54) is 0 Å². The normalized spacial score (nSPS) is 24.0. The van der Waals surface area contributed by atoms with E-state index in [9.17, 15) is 8.42 Å². The van der Waals surface area contributed by atoms with Crippen LogP contribution in [0, 0.1) is 6.92 Å². The van der Waals surface area contributed by atoms with Crippen molar-refractivity contribution in [2.75, 3.05) is 13.1 Å². The van der Waals surface area contributed by atoms with E-state index < -0.39 is 10.0 Å². The third-order valence-corrected chi connectivity index (χ3v) is 6.76. The van der Waals surface area contributed by atoms with E-state index in [4.69, 9.17) is 18.0 Å². The first-order chi connectivity index (χ1) is 9.71. The first-order valence-corrected chi connectivity index (χ1v) is 9.57. The zero-order valence-electron chi connectivity index (χ0n) is 12.4. The number of nitrogens with two attached hydrogens (primary N) is 1. The Morgan fingerprint density at radius 1 is 1.33 bits per heavy atom. The summed E-state index contributed by atoms with van der Waals surface area (Å²) in [6, 6.07) is 4.94. The third-order valence-electron chi connectivity index (χ3n) is 3.49. The van der Waals surface area contributed by atoms with Crippen LogP contribution in [-0.4, -0.2) is 41.3 Å². The fourth-order valence-corrected chi connectivity index (χ4v) is 6.00. The molecule has 1 saturated heterocycles. The maximum atomic E-state index is 12.8. The van der Waals surface area contributed by atoms with Gasteiger partial charge in [0.25, 0.3) is 0 Å². The molecular weight excluding hydrogens is 324 g/mol. The summed E-state index contributed by atoms with van der Waals surface area (Å²) in [7, 11) is -3.46. The first-order valence-electron chi connectivity index (χ1n) is 6.78. The first kappa shape index (κ1) is 16.7. The molecular formula is C14H20N2O2S3. The fraction of sp³-hybridized carbons (Fsp3) is 0.500. The molecule has 0 aliphatic carbocycles. The summed E-state index contributed by atoms with van der Waals surface area (Å²) < 4.78 is 27.1. The molecule has 1 fully saturated rings. The number of aryl methyl sites for hydroxylation is 1. The summed E-state index contributed by atoms with van der Waals surface area (Å²) in [6.07, 6.45) is 0. The summed E-state index contributed by atoms with van der Waals surface area (Å²) in [5, 5.41) is 0.612. The summed E-state index contributed by atoms with van der Waals surface area (Å²) in [5.41, 5.74) is 7.13. The number of thioether (sulfide) groups is 1. The van der Waals surface area contributed by atoms with Crippen LogP contribution in [0.2, 0.25) is 0 Å². The molecule has 0 radical (unpaired) electrons. The molecule has 0 saturated carbocycles. The number of sulfonamides is 1. The van der Waals surface area contributed by atoms with Gasteiger partial charge in [-0.1, -0.05) is 32.1 Å². The Morgan fingerprint density at radius 2 is 1.90 bits per heavy atom. The van der Waals surface area contributed by atoms with Gasteiger partial charge in [0.1, 0.15) is 4.99 Å². The van der Waals surface area contributed by atoms with Crippen molar-refractivity contribution in [1.29, 1.82) is 0 Å². The van der Waals surface area contributed by atoms with Crippen molar-refractivity contribution in [3.63, 3.8) is 0 Å². The average Bonchev–Trinajstić information content (AvgIpc) is 2.36. The van der Waals surface area contributed by atoms with E-state index in [2.05, 4.69) is 13.8 Å². The quantitative estimate of drug-likeness (QED) is 0.851. The minimum absolute atomic E-state index is 0.285. The predicted molar refractivity (Wildman–Crippen MR) is 92.3 cm³/mol. The smallest absolute Gasteiger partial charge is 0.243 e. The zero-order chi connectivity index (χ0) is 15.8. The van der Waals surface area contributed by atoms with E-state index in [0.717, 1.165) is 11.1 Å². The van der Waals surface area contributed by atoms with Gasteiger partial charge in [-0.05, 0) is 24.6 Å². The van der Waals surface area contributed by atoms with E-state index in [1.807, 2.05) is 18.7 Å². The molecule has 1 aromatic carbocycles. The van der Waals surface area contributed by atoms with Crippen LogP contribution in [0.25, 0.3) is 0 Å². The Labute approximate surface area is 136 Å². The molecule has 2 atom stereocenters. The number of rotatable bonds is 3. The lowest BCUT2D eigenvalue weighted by Crippen LogP contribution is -2.43. The van der Waals surface area contributed by atoms with Gasteiger partial charge in [-0.2, -0.15) is 16.1 Å². The zero-order valence-corrected chi connectivity index (χ0v) is 14.8. The maximum Gasteiger partial charge on any atom is 0.243 e. The molecule has 2 unspecified atom stereocenters. The molecule has 2 rings (SSSR count). The average molecular weight is 345 g/mol. The number of hydrogen-bond acceptors (Lipinski definition) is 4. The molecule has 7 heteroatoms. The lowest BCUT2D eigenvalue weighted by molar-refractivity contribution is 0.405. The van der Waals surface area contributed by atoms with Crippen molar-refractivity contribution in [3.05, 3.63) is 29.3 Å². The molecule has 21 heavy (non-hydrogen) atoms. The molecule has 1 aliphatic rings. The van der Waals surface area contributed by atoms with Gasteiger partial charge >= 0.3 is 0 Å². The van der Waals surface area contributed by atoms with E-state index in [-0.39, 0.29) is 4.99 Å². The van der Waals surface area contributed by atoms with Crippen LogP contribution in [0.1, 0.15) is 25.0 Å². The van der Waals surface area contributed by atoms with Crippen molar-refractivity contribution >= 4 is 39.0 Å². The van der Waals surface area contributed by atoms with Crippen LogP contribution in [-0.2, 0) is 10.0 Å². The van der Waals surface area contributed by atoms with Crippen molar-refractivity contribution in [3.8, 4) is 0 Å². The highest BCUT2D eigenvalue weighted by Crippen LogP contribution is 2.29. The van der Waals surface area contributed by atoms with Crippen LogP contribution in [0.5, 0.6) is 0 Å². The van der Waals surface area contributed by atoms with Crippen LogP contribution in [0.3, 0.4) is 0 Å². The standard InChI is InChI=1S/C14H20N2O2S3/c1-9-6-12(4-5-13(9)14(15)19)21(17,18)16-7-10(2)20-11(3)8-16/h4-6,10-11H,7-8H2,1-3H3,(H2,15,19). The van der Waals surface area contributed by atoms with Crippen molar-refractivity contribution < 1.29 is 8.42 Å². The Bertz CT molecular complexity index is 648. The van der Waals surface area contributed by atoms with Gasteiger partial charge in [0, 0.05) is 29.2 Å². The second-order valence-electron chi connectivity index (χ2n) is 5.42. The summed E-state index contributed by atoms with van der Waals surface area (Å²) in [6.45, 7) is 7.04. The van der Waals surface area contributed by atoms with Crippen LogP contribution in [0.4, 0.5) is 0 Å². The van der Waals surface area contributed by atoms with Crippen molar-refractivity contribution in [1.82, 2.24) is 4.31 Å². The Hall–Kier alpha value is -0.630. The molecule has 1 aliphatic heterocycles. The van der Waals surface area contributed by atoms with Gasteiger partial charge < -0.3 is 5.73 Å². The van der Waals surface area contributed by atoms with Crippen LogP contribution in [0.15, 0.2) is 23.1 Å². The highest BCUT2D eigenvalue weighted by molar-refractivity contribution is 8.00. The van der Waals surface area contributed by atoms with Gasteiger partial charge in [0.05, 0.1) is 4.90 Å². The molecule has 4 nitrogen and oxygen atoms in total. The lowest BCUT2D eigenvalue weighted by Gasteiger charge is -2.33. The van der Waals surface area contributed by atoms with Gasteiger partial charge in [0.15, 0.2) is 0 Å². The topological polar surface area (TPSA) is 63.4 Å². The number of benzene rings is 1. The second kappa shape index (κ2) is 6.24. The molecule has 1 aromatic rings. The summed E-state index contributed by atoms with van der Waals surface area (Å²) >= 11 is 6.78. The van der Waals surface area contributed by atoms with E-state index in [1.54, 1.807) is 22.5 Å². The number of hydrogen-bond donors (Lipinski definition) is 1. The summed E-state index contributed by atoms with van der Waals surface area (Å²) in [5.74, 6) is 0. The lowest BCUT2D eigenvalue weighted by atomic mass is 10.1. The molecule has 0 spiro atoms. The van der Waals surface area contributed by atoms with Crippen LogP contribution < -0.4 is 5.73 Å². The van der Waals surface area contributed by atoms with E-state index >= 15 is 0 Å². The third kappa shape index (κ3) is 3.59. The molecule has 0 amide bonds. The van der Waals surface area contributed by atoms with Gasteiger partial charge in [-0.15, -0.1) is 0 Å². The monoisotopic (exact) mass is 344 g/mol. The van der Waals surface area contributed by atoms with E-state index in [0.29, 0.717) is 28.5 Å². The highest BCUT2D eigenvalue weighted by Gasteiger charge is 2.32. The minimum Gasteiger partial charge on any atom is -0.389 e. The van der Waals surface area contributed by atoms with Crippen molar-refractivity contribution in [2.45, 2.75) is 36.2 Å². The molecule has 116 valence electrons. The van der Waals surface area contributed by atoms with Gasteiger partial charge in [-0.3, -0.25) is 0 Å².